The van der Waals surface area contributed by atoms with Gasteiger partial charge in [0.2, 0.25) is 11.8 Å². The molecule has 0 heterocycles. The van der Waals surface area contributed by atoms with Crippen molar-refractivity contribution in [3.63, 3.8) is 0 Å². The molecule has 4 nitrogen and oxygen atoms in total. The molecule has 1 atom stereocenters. The molecule has 184 valence electrons. The first-order chi connectivity index (χ1) is 16.8. The molecule has 0 bridgehead atoms. The minimum atomic E-state index is -0.762. The van der Waals surface area contributed by atoms with Crippen molar-refractivity contribution in [2.24, 2.45) is 0 Å². The fraction of sp³-hybridized carbons (Fsp3) is 0.231. The van der Waals surface area contributed by atoms with Crippen molar-refractivity contribution < 1.29 is 14.0 Å². The summed E-state index contributed by atoms with van der Waals surface area (Å²) in [6, 6.07) is 18.3. The first-order valence-electron chi connectivity index (χ1n) is 10.8. The van der Waals surface area contributed by atoms with Gasteiger partial charge in [0.15, 0.2) is 0 Å². The van der Waals surface area contributed by atoms with Crippen molar-refractivity contribution >= 4 is 58.4 Å². The SMILES string of the molecule is CNC(=O)C(Cc1ccccc1)N(Cc1ccc(Cl)c(Cl)c1)C(=O)CSCc1c(F)cccc1Cl. The summed E-state index contributed by atoms with van der Waals surface area (Å²) in [4.78, 5) is 27.9. The molecule has 2 amide bonds. The van der Waals surface area contributed by atoms with Crippen LogP contribution >= 0.6 is 46.6 Å². The molecule has 0 saturated carbocycles. The van der Waals surface area contributed by atoms with Crippen molar-refractivity contribution in [3.8, 4) is 0 Å². The van der Waals surface area contributed by atoms with Crippen LogP contribution in [0, 0.1) is 5.82 Å². The summed E-state index contributed by atoms with van der Waals surface area (Å²) < 4.78 is 14.1. The summed E-state index contributed by atoms with van der Waals surface area (Å²) in [5, 5.41) is 3.74. The molecule has 0 radical (unpaired) electrons. The van der Waals surface area contributed by atoms with Crippen LogP contribution in [-0.2, 0) is 28.3 Å². The highest BCUT2D eigenvalue weighted by Gasteiger charge is 2.30. The molecule has 0 saturated heterocycles. The molecule has 0 aromatic heterocycles. The summed E-state index contributed by atoms with van der Waals surface area (Å²) in [6.07, 6.45) is 0.331. The Hall–Kier alpha value is -2.25. The van der Waals surface area contributed by atoms with Gasteiger partial charge in [-0.1, -0.05) is 77.3 Å². The quantitative estimate of drug-likeness (QED) is 0.316. The van der Waals surface area contributed by atoms with Gasteiger partial charge >= 0.3 is 0 Å². The Morgan fingerprint density at radius 1 is 0.943 bits per heavy atom. The van der Waals surface area contributed by atoms with Crippen LogP contribution in [0.5, 0.6) is 0 Å². The highest BCUT2D eigenvalue weighted by Crippen LogP contribution is 2.26. The maximum Gasteiger partial charge on any atom is 0.242 e. The predicted molar refractivity (Wildman–Crippen MR) is 143 cm³/mol. The van der Waals surface area contributed by atoms with Gasteiger partial charge < -0.3 is 10.2 Å². The molecule has 1 N–H and O–H groups in total. The minimum absolute atomic E-state index is 0.0360. The fourth-order valence-electron chi connectivity index (χ4n) is 3.55. The lowest BCUT2D eigenvalue weighted by molar-refractivity contribution is -0.139. The number of amides is 2. The smallest absolute Gasteiger partial charge is 0.242 e. The molecule has 0 aliphatic heterocycles. The second-order valence-electron chi connectivity index (χ2n) is 7.78. The Balaban J connectivity index is 1.85. The van der Waals surface area contributed by atoms with Gasteiger partial charge in [-0.2, -0.15) is 0 Å². The average molecular weight is 554 g/mol. The number of hydrogen-bond acceptors (Lipinski definition) is 3. The van der Waals surface area contributed by atoms with Crippen LogP contribution in [0.1, 0.15) is 16.7 Å². The van der Waals surface area contributed by atoms with Gasteiger partial charge in [0.25, 0.3) is 0 Å². The van der Waals surface area contributed by atoms with Gasteiger partial charge in [-0.05, 0) is 35.4 Å². The number of rotatable bonds is 10. The lowest BCUT2D eigenvalue weighted by Crippen LogP contribution is -2.50. The van der Waals surface area contributed by atoms with Crippen LogP contribution in [0.3, 0.4) is 0 Å². The maximum absolute atomic E-state index is 14.1. The third-order valence-electron chi connectivity index (χ3n) is 5.39. The van der Waals surface area contributed by atoms with E-state index >= 15 is 0 Å². The Labute approximate surface area is 223 Å². The van der Waals surface area contributed by atoms with E-state index in [0.717, 1.165) is 11.1 Å². The lowest BCUT2D eigenvalue weighted by Gasteiger charge is -2.31. The number of benzene rings is 3. The molecule has 0 spiro atoms. The van der Waals surface area contributed by atoms with Crippen molar-refractivity contribution in [2.45, 2.75) is 24.8 Å². The Morgan fingerprint density at radius 2 is 1.69 bits per heavy atom. The summed E-state index contributed by atoms with van der Waals surface area (Å²) in [5.41, 5.74) is 1.99. The van der Waals surface area contributed by atoms with E-state index in [1.54, 1.807) is 24.3 Å². The van der Waals surface area contributed by atoms with Crippen molar-refractivity contribution in [1.29, 1.82) is 0 Å². The first kappa shape index (κ1) is 27.3. The van der Waals surface area contributed by atoms with Gasteiger partial charge in [-0.3, -0.25) is 9.59 Å². The molecule has 9 heteroatoms. The Kier molecular flexibility index (Phi) is 10.3. The van der Waals surface area contributed by atoms with Gasteiger partial charge in [-0.25, -0.2) is 4.39 Å². The Bertz CT molecular complexity index is 1160. The number of likely N-dealkylation sites (N-methyl/N-ethyl adjacent to an activating group) is 1. The zero-order valence-electron chi connectivity index (χ0n) is 18.9. The molecule has 0 fully saturated rings. The molecule has 1 unspecified atom stereocenters. The largest absolute Gasteiger partial charge is 0.357 e. The van der Waals surface area contributed by atoms with E-state index in [1.807, 2.05) is 30.3 Å². The Morgan fingerprint density at radius 3 is 2.34 bits per heavy atom. The highest BCUT2D eigenvalue weighted by molar-refractivity contribution is 7.99. The number of nitrogens with one attached hydrogen (secondary N) is 1. The third-order valence-corrected chi connectivity index (χ3v) is 7.43. The second-order valence-corrected chi connectivity index (χ2v) is 9.99. The van der Waals surface area contributed by atoms with Gasteiger partial charge in [0.05, 0.1) is 15.8 Å². The number of nitrogens with zero attached hydrogens (tertiary/aromatic N) is 1. The van der Waals surface area contributed by atoms with E-state index in [-0.39, 0.29) is 29.9 Å². The monoisotopic (exact) mass is 552 g/mol. The minimum Gasteiger partial charge on any atom is -0.357 e. The van der Waals surface area contributed by atoms with Crippen molar-refractivity contribution in [1.82, 2.24) is 10.2 Å². The van der Waals surface area contributed by atoms with E-state index in [0.29, 0.717) is 27.1 Å². The standard InChI is InChI=1S/C26H24Cl3FN2O2S/c1-31-26(34)24(13-17-6-3-2-4-7-17)32(14-18-10-11-21(28)22(29)12-18)25(33)16-35-15-19-20(27)8-5-9-23(19)30/h2-12,24H,13-16H2,1H3,(H,31,34). The number of carbonyl (C=O) groups excluding carboxylic acids is 2. The normalized spacial score (nSPS) is 11.7. The van der Waals surface area contributed by atoms with Crippen LogP contribution in [0.15, 0.2) is 66.7 Å². The summed E-state index contributed by atoms with van der Waals surface area (Å²) >= 11 is 19.6. The number of hydrogen-bond donors (Lipinski definition) is 1. The van der Waals surface area contributed by atoms with E-state index in [9.17, 15) is 14.0 Å². The third kappa shape index (κ3) is 7.61. The summed E-state index contributed by atoms with van der Waals surface area (Å²) in [5.74, 6) is -0.713. The molecule has 0 aliphatic rings. The molecule has 0 aliphatic carbocycles. The van der Waals surface area contributed by atoms with Gasteiger partial charge in [-0.15, -0.1) is 11.8 Å². The lowest BCUT2D eigenvalue weighted by atomic mass is 10.0. The van der Waals surface area contributed by atoms with Gasteiger partial charge in [0, 0.05) is 36.4 Å². The number of carbonyl (C=O) groups is 2. The highest BCUT2D eigenvalue weighted by atomic mass is 35.5. The number of thioether (sulfide) groups is 1. The average Bonchev–Trinajstić information content (AvgIpc) is 2.85. The van der Waals surface area contributed by atoms with Crippen LogP contribution in [-0.4, -0.2) is 35.6 Å². The zero-order chi connectivity index (χ0) is 25.4. The van der Waals surface area contributed by atoms with Crippen molar-refractivity contribution in [3.05, 3.63) is 104 Å². The van der Waals surface area contributed by atoms with Crippen LogP contribution in [0.4, 0.5) is 4.39 Å². The predicted octanol–water partition coefficient (Wildman–Crippen LogP) is 6.41. The summed E-state index contributed by atoms with van der Waals surface area (Å²) in [7, 11) is 1.54. The van der Waals surface area contributed by atoms with E-state index in [1.165, 1.54) is 35.8 Å². The molecule has 3 rings (SSSR count). The van der Waals surface area contributed by atoms with E-state index in [4.69, 9.17) is 34.8 Å². The summed E-state index contributed by atoms with van der Waals surface area (Å²) in [6.45, 7) is 0.154. The number of halogens is 4. The van der Waals surface area contributed by atoms with Gasteiger partial charge in [0.1, 0.15) is 11.9 Å². The van der Waals surface area contributed by atoms with Crippen molar-refractivity contribution in [2.75, 3.05) is 12.8 Å². The second kappa shape index (κ2) is 13.2. The van der Waals surface area contributed by atoms with Crippen LogP contribution in [0.2, 0.25) is 15.1 Å². The molecule has 35 heavy (non-hydrogen) atoms. The molecular formula is C26H24Cl3FN2O2S. The van der Waals surface area contributed by atoms with Crippen LogP contribution in [0.25, 0.3) is 0 Å². The fourth-order valence-corrected chi connectivity index (χ4v) is 5.12. The molecule has 3 aromatic carbocycles. The van der Waals surface area contributed by atoms with E-state index in [2.05, 4.69) is 5.32 Å². The zero-order valence-corrected chi connectivity index (χ0v) is 22.0. The molecular weight excluding hydrogens is 530 g/mol. The topological polar surface area (TPSA) is 49.4 Å². The maximum atomic E-state index is 14.1. The molecule has 3 aromatic rings. The van der Waals surface area contributed by atoms with E-state index < -0.39 is 11.9 Å². The van der Waals surface area contributed by atoms with Crippen LogP contribution < -0.4 is 5.32 Å². The first-order valence-corrected chi connectivity index (χ1v) is 13.1.